The summed E-state index contributed by atoms with van der Waals surface area (Å²) < 4.78 is 2.18. The molecule has 2 heterocycles. The highest BCUT2D eigenvalue weighted by Gasteiger charge is 2.13. The lowest BCUT2D eigenvalue weighted by Gasteiger charge is -2.17. The summed E-state index contributed by atoms with van der Waals surface area (Å²) in [7, 11) is 0. The molecule has 5 nitrogen and oxygen atoms in total. The van der Waals surface area contributed by atoms with Crippen molar-refractivity contribution in [3.05, 3.63) is 65.9 Å². The molecule has 138 valence electrons. The van der Waals surface area contributed by atoms with Gasteiger partial charge in [-0.05, 0) is 50.1 Å². The van der Waals surface area contributed by atoms with Gasteiger partial charge in [0.05, 0.1) is 6.21 Å². The molecule has 0 saturated carbocycles. The molecule has 0 spiro atoms. The van der Waals surface area contributed by atoms with E-state index in [-0.39, 0.29) is 5.91 Å². The average Bonchev–Trinajstić information content (AvgIpc) is 3.36. The van der Waals surface area contributed by atoms with Crippen molar-refractivity contribution in [1.82, 2.24) is 9.99 Å². The van der Waals surface area contributed by atoms with Gasteiger partial charge in [-0.25, -0.2) is 5.43 Å². The lowest BCUT2D eigenvalue weighted by Crippen LogP contribution is -2.19. The molecule has 0 aliphatic carbocycles. The quantitative estimate of drug-likeness (QED) is 0.552. The SMILES string of the molecule is CCn1cc(/C=N\NC(=O)c2ccc(N3CCCC3)cc2)c2ccccc21. The van der Waals surface area contributed by atoms with Gasteiger partial charge in [0.25, 0.3) is 5.91 Å². The molecule has 1 N–H and O–H groups in total. The van der Waals surface area contributed by atoms with Gasteiger partial charge in [-0.15, -0.1) is 0 Å². The van der Waals surface area contributed by atoms with Gasteiger partial charge in [0.2, 0.25) is 0 Å². The first-order valence-corrected chi connectivity index (χ1v) is 9.52. The summed E-state index contributed by atoms with van der Waals surface area (Å²) >= 11 is 0. The maximum absolute atomic E-state index is 12.3. The van der Waals surface area contributed by atoms with Crippen LogP contribution in [0.2, 0.25) is 0 Å². The normalized spacial score (nSPS) is 14.3. The number of para-hydroxylation sites is 1. The minimum Gasteiger partial charge on any atom is -0.372 e. The number of rotatable bonds is 5. The molecule has 1 aromatic heterocycles. The van der Waals surface area contributed by atoms with E-state index in [4.69, 9.17) is 0 Å². The fourth-order valence-corrected chi connectivity index (χ4v) is 3.66. The lowest BCUT2D eigenvalue weighted by molar-refractivity contribution is 0.0955. The topological polar surface area (TPSA) is 49.6 Å². The largest absolute Gasteiger partial charge is 0.372 e. The molecular weight excluding hydrogens is 336 g/mol. The second-order valence-electron chi connectivity index (χ2n) is 6.83. The van der Waals surface area contributed by atoms with Crippen molar-refractivity contribution < 1.29 is 4.79 Å². The Kier molecular flexibility index (Phi) is 4.92. The molecule has 1 amide bonds. The third kappa shape index (κ3) is 3.58. The van der Waals surface area contributed by atoms with Crippen LogP contribution >= 0.6 is 0 Å². The van der Waals surface area contributed by atoms with Gasteiger partial charge in [-0.1, -0.05) is 18.2 Å². The van der Waals surface area contributed by atoms with Crippen LogP contribution in [-0.4, -0.2) is 29.8 Å². The van der Waals surface area contributed by atoms with Gasteiger partial charge in [-0.2, -0.15) is 5.10 Å². The number of nitrogens with one attached hydrogen (secondary N) is 1. The van der Waals surface area contributed by atoms with E-state index in [1.54, 1.807) is 6.21 Å². The van der Waals surface area contributed by atoms with Gasteiger partial charge in [0.15, 0.2) is 0 Å². The predicted octanol–water partition coefficient (Wildman–Crippen LogP) is 4.03. The molecule has 1 fully saturated rings. The first-order valence-electron chi connectivity index (χ1n) is 9.52. The summed E-state index contributed by atoms with van der Waals surface area (Å²) in [6, 6.07) is 16.0. The van der Waals surface area contributed by atoms with E-state index >= 15 is 0 Å². The molecule has 1 aliphatic rings. The Balaban J connectivity index is 1.44. The number of nitrogens with zero attached hydrogens (tertiary/aromatic N) is 3. The van der Waals surface area contributed by atoms with Crippen LogP contribution in [0.1, 0.15) is 35.7 Å². The molecule has 2 aromatic carbocycles. The molecule has 0 bridgehead atoms. The Hall–Kier alpha value is -3.08. The zero-order valence-electron chi connectivity index (χ0n) is 15.6. The molecule has 1 aliphatic heterocycles. The molecule has 0 radical (unpaired) electrons. The lowest BCUT2D eigenvalue weighted by atomic mass is 10.2. The van der Waals surface area contributed by atoms with Gasteiger partial charge in [0.1, 0.15) is 0 Å². The van der Waals surface area contributed by atoms with Gasteiger partial charge < -0.3 is 9.47 Å². The van der Waals surface area contributed by atoms with Crippen LogP contribution in [0.3, 0.4) is 0 Å². The molecular formula is C22H24N4O. The maximum Gasteiger partial charge on any atom is 0.271 e. The average molecular weight is 360 g/mol. The summed E-state index contributed by atoms with van der Waals surface area (Å²) in [6.07, 6.45) is 6.26. The van der Waals surface area contributed by atoms with Crippen molar-refractivity contribution in [2.45, 2.75) is 26.3 Å². The second-order valence-corrected chi connectivity index (χ2v) is 6.83. The van der Waals surface area contributed by atoms with Gasteiger partial charge >= 0.3 is 0 Å². The van der Waals surface area contributed by atoms with E-state index in [1.807, 2.05) is 36.4 Å². The number of carbonyl (C=O) groups is 1. The number of aryl methyl sites for hydroxylation is 1. The molecule has 0 atom stereocenters. The number of hydrogen-bond donors (Lipinski definition) is 1. The van der Waals surface area contributed by atoms with Crippen molar-refractivity contribution in [3.8, 4) is 0 Å². The molecule has 27 heavy (non-hydrogen) atoms. The zero-order valence-corrected chi connectivity index (χ0v) is 15.6. The molecule has 1 saturated heterocycles. The second kappa shape index (κ2) is 7.66. The molecule has 5 heteroatoms. The van der Waals surface area contributed by atoms with E-state index in [1.165, 1.54) is 24.0 Å². The highest BCUT2D eigenvalue weighted by Crippen LogP contribution is 2.21. The summed E-state index contributed by atoms with van der Waals surface area (Å²) in [5.74, 6) is -0.196. The van der Waals surface area contributed by atoms with Crippen molar-refractivity contribution in [2.24, 2.45) is 5.10 Å². The van der Waals surface area contributed by atoms with E-state index in [0.717, 1.165) is 30.6 Å². The van der Waals surface area contributed by atoms with Crippen LogP contribution in [0.25, 0.3) is 10.9 Å². The Morgan fingerprint density at radius 1 is 1.11 bits per heavy atom. The Labute approximate surface area is 159 Å². The third-order valence-electron chi connectivity index (χ3n) is 5.13. The van der Waals surface area contributed by atoms with Gasteiger partial charge in [0, 0.05) is 53.5 Å². The molecule has 4 rings (SSSR count). The monoisotopic (exact) mass is 360 g/mol. The Bertz CT molecular complexity index is 966. The van der Waals surface area contributed by atoms with Crippen LogP contribution in [0.5, 0.6) is 0 Å². The minimum atomic E-state index is -0.196. The van der Waals surface area contributed by atoms with Crippen molar-refractivity contribution in [2.75, 3.05) is 18.0 Å². The highest BCUT2D eigenvalue weighted by atomic mass is 16.2. The van der Waals surface area contributed by atoms with Crippen LogP contribution in [-0.2, 0) is 6.54 Å². The molecule has 0 unspecified atom stereocenters. The predicted molar refractivity (Wildman–Crippen MR) is 111 cm³/mol. The fraction of sp³-hybridized carbons (Fsp3) is 0.273. The highest BCUT2D eigenvalue weighted by molar-refractivity contribution is 6.00. The van der Waals surface area contributed by atoms with E-state index in [9.17, 15) is 4.79 Å². The number of benzene rings is 2. The standard InChI is InChI=1S/C22H24N4O/c1-2-25-16-18(20-7-3-4-8-21(20)25)15-23-24-22(27)17-9-11-19(12-10-17)26-13-5-6-14-26/h3-4,7-12,15-16H,2,5-6,13-14H2,1H3,(H,24,27)/b23-15-. The number of carbonyl (C=O) groups excluding carboxylic acids is 1. The van der Waals surface area contributed by atoms with E-state index in [2.05, 4.69) is 45.2 Å². The Morgan fingerprint density at radius 3 is 2.59 bits per heavy atom. The summed E-state index contributed by atoms with van der Waals surface area (Å²) in [5, 5.41) is 5.30. The number of hydrazone groups is 1. The van der Waals surface area contributed by atoms with Crippen molar-refractivity contribution >= 4 is 28.7 Å². The van der Waals surface area contributed by atoms with Crippen molar-refractivity contribution in [3.63, 3.8) is 0 Å². The first-order chi connectivity index (χ1) is 13.3. The molecule has 3 aromatic rings. The number of fused-ring (bicyclic) bond motifs is 1. The zero-order chi connectivity index (χ0) is 18.6. The van der Waals surface area contributed by atoms with E-state index < -0.39 is 0 Å². The first kappa shape index (κ1) is 17.3. The van der Waals surface area contributed by atoms with Crippen LogP contribution in [0.4, 0.5) is 5.69 Å². The van der Waals surface area contributed by atoms with Crippen LogP contribution in [0, 0.1) is 0 Å². The number of anilines is 1. The minimum absolute atomic E-state index is 0.196. The third-order valence-corrected chi connectivity index (χ3v) is 5.13. The number of hydrogen-bond acceptors (Lipinski definition) is 3. The summed E-state index contributed by atoms with van der Waals surface area (Å²) in [4.78, 5) is 14.7. The van der Waals surface area contributed by atoms with Crippen LogP contribution < -0.4 is 10.3 Å². The summed E-state index contributed by atoms with van der Waals surface area (Å²) in [6.45, 7) is 5.20. The fourth-order valence-electron chi connectivity index (χ4n) is 3.66. The van der Waals surface area contributed by atoms with Gasteiger partial charge in [-0.3, -0.25) is 4.79 Å². The summed E-state index contributed by atoms with van der Waals surface area (Å²) in [5.41, 5.74) is 6.60. The number of aromatic nitrogens is 1. The van der Waals surface area contributed by atoms with Crippen molar-refractivity contribution in [1.29, 1.82) is 0 Å². The smallest absolute Gasteiger partial charge is 0.271 e. The van der Waals surface area contributed by atoms with E-state index in [0.29, 0.717) is 5.56 Å². The van der Waals surface area contributed by atoms with Crippen LogP contribution in [0.15, 0.2) is 59.8 Å². The Morgan fingerprint density at radius 2 is 1.85 bits per heavy atom. The maximum atomic E-state index is 12.3. The number of amides is 1.